The maximum absolute atomic E-state index is 11.4. The summed E-state index contributed by atoms with van der Waals surface area (Å²) in [5.74, 6) is 1.30. The highest BCUT2D eigenvalue weighted by molar-refractivity contribution is 5.72. The van der Waals surface area contributed by atoms with Gasteiger partial charge in [-0.05, 0) is 24.3 Å². The number of benzene rings is 1. The van der Waals surface area contributed by atoms with Crippen molar-refractivity contribution in [2.45, 2.75) is 0 Å². The van der Waals surface area contributed by atoms with Gasteiger partial charge in [0.25, 0.3) is 5.56 Å². The van der Waals surface area contributed by atoms with Gasteiger partial charge < -0.3 is 14.5 Å². The first-order valence-corrected chi connectivity index (χ1v) is 5.55. The van der Waals surface area contributed by atoms with Crippen LogP contribution in [0, 0.1) is 11.3 Å². The number of ether oxygens (including phenoxy) is 2. The highest BCUT2D eigenvalue weighted by Gasteiger charge is 2.10. The van der Waals surface area contributed by atoms with Gasteiger partial charge in [-0.3, -0.25) is 4.79 Å². The largest absolute Gasteiger partial charge is 0.497 e. The molecule has 0 spiro atoms. The Labute approximate surface area is 110 Å². The Bertz CT molecular complexity index is 699. The summed E-state index contributed by atoms with van der Waals surface area (Å²) in [7, 11) is 3.13. The van der Waals surface area contributed by atoms with E-state index in [2.05, 4.69) is 4.98 Å². The van der Waals surface area contributed by atoms with E-state index in [1.807, 2.05) is 6.07 Å². The normalized spacial score (nSPS) is 9.74. The minimum atomic E-state index is -0.409. The number of nitrogens with zero attached hydrogens (tertiary/aromatic N) is 1. The SMILES string of the molecule is COc1ccc(OC)c(-c2c[nH]c(=O)c(C#N)c2)c1. The van der Waals surface area contributed by atoms with E-state index in [1.165, 1.54) is 6.07 Å². The molecule has 0 atom stereocenters. The number of nitrogens with one attached hydrogen (secondary N) is 1. The van der Waals surface area contributed by atoms with Crippen LogP contribution in [-0.4, -0.2) is 19.2 Å². The topological polar surface area (TPSA) is 75.1 Å². The van der Waals surface area contributed by atoms with Gasteiger partial charge in [0.15, 0.2) is 0 Å². The molecule has 1 heterocycles. The number of methoxy groups -OCH3 is 2. The number of aromatic nitrogens is 1. The molecule has 0 aliphatic heterocycles. The van der Waals surface area contributed by atoms with Crippen LogP contribution in [0.1, 0.15) is 5.56 Å². The first-order valence-electron chi connectivity index (χ1n) is 5.55. The van der Waals surface area contributed by atoms with Gasteiger partial charge in [-0.15, -0.1) is 0 Å². The number of hydrogen-bond acceptors (Lipinski definition) is 4. The molecule has 2 aromatic rings. The maximum atomic E-state index is 11.4. The second kappa shape index (κ2) is 5.27. The summed E-state index contributed by atoms with van der Waals surface area (Å²) in [5.41, 5.74) is 1.08. The molecular weight excluding hydrogens is 244 g/mol. The third kappa shape index (κ3) is 2.43. The van der Waals surface area contributed by atoms with Gasteiger partial charge in [-0.25, -0.2) is 0 Å². The van der Waals surface area contributed by atoms with E-state index in [-0.39, 0.29) is 5.56 Å². The summed E-state index contributed by atoms with van der Waals surface area (Å²) in [4.78, 5) is 13.9. The zero-order valence-electron chi connectivity index (χ0n) is 10.6. The number of hydrogen-bond donors (Lipinski definition) is 1. The van der Waals surface area contributed by atoms with Crippen molar-refractivity contribution in [3.8, 4) is 28.7 Å². The minimum absolute atomic E-state index is 0.0578. The van der Waals surface area contributed by atoms with Gasteiger partial charge in [0.2, 0.25) is 0 Å². The molecule has 0 aliphatic rings. The molecule has 1 N–H and O–H groups in total. The van der Waals surface area contributed by atoms with Crippen molar-refractivity contribution in [2.24, 2.45) is 0 Å². The third-order valence-electron chi connectivity index (χ3n) is 2.74. The van der Waals surface area contributed by atoms with Crippen molar-refractivity contribution in [1.82, 2.24) is 4.98 Å². The Hall–Kier alpha value is -2.74. The van der Waals surface area contributed by atoms with E-state index in [1.54, 1.807) is 38.6 Å². The van der Waals surface area contributed by atoms with Gasteiger partial charge in [0.05, 0.1) is 14.2 Å². The molecule has 0 saturated heterocycles. The van der Waals surface area contributed by atoms with Crippen LogP contribution >= 0.6 is 0 Å². The molecule has 19 heavy (non-hydrogen) atoms. The second-order valence-electron chi connectivity index (χ2n) is 3.81. The van der Waals surface area contributed by atoms with Crippen molar-refractivity contribution in [3.63, 3.8) is 0 Å². The van der Waals surface area contributed by atoms with Gasteiger partial charge in [-0.2, -0.15) is 5.26 Å². The monoisotopic (exact) mass is 256 g/mol. The molecule has 0 amide bonds. The van der Waals surface area contributed by atoms with E-state index >= 15 is 0 Å². The van der Waals surface area contributed by atoms with Crippen LogP contribution in [0.2, 0.25) is 0 Å². The number of H-pyrrole nitrogens is 1. The Morgan fingerprint density at radius 1 is 1.21 bits per heavy atom. The molecule has 1 aromatic heterocycles. The summed E-state index contributed by atoms with van der Waals surface area (Å²) < 4.78 is 10.4. The minimum Gasteiger partial charge on any atom is -0.497 e. The number of nitriles is 1. The van der Waals surface area contributed by atoms with E-state index in [4.69, 9.17) is 14.7 Å². The molecule has 2 rings (SSSR count). The van der Waals surface area contributed by atoms with Crippen molar-refractivity contribution in [1.29, 1.82) is 5.26 Å². The van der Waals surface area contributed by atoms with Crippen LogP contribution in [0.5, 0.6) is 11.5 Å². The molecule has 1 aromatic carbocycles. The lowest BCUT2D eigenvalue weighted by Crippen LogP contribution is -2.09. The highest BCUT2D eigenvalue weighted by Crippen LogP contribution is 2.32. The van der Waals surface area contributed by atoms with Crippen molar-refractivity contribution >= 4 is 0 Å². The molecule has 0 radical (unpaired) electrons. The van der Waals surface area contributed by atoms with Crippen molar-refractivity contribution in [2.75, 3.05) is 14.2 Å². The Kier molecular flexibility index (Phi) is 3.53. The van der Waals surface area contributed by atoms with Gasteiger partial charge in [-0.1, -0.05) is 0 Å². The van der Waals surface area contributed by atoms with Gasteiger partial charge in [0.1, 0.15) is 23.1 Å². The fourth-order valence-corrected chi connectivity index (χ4v) is 1.76. The second-order valence-corrected chi connectivity index (χ2v) is 3.81. The van der Waals surface area contributed by atoms with Crippen LogP contribution in [-0.2, 0) is 0 Å². The van der Waals surface area contributed by atoms with Crippen LogP contribution in [0.3, 0.4) is 0 Å². The van der Waals surface area contributed by atoms with E-state index in [0.717, 1.165) is 5.56 Å². The maximum Gasteiger partial charge on any atom is 0.265 e. The smallest absolute Gasteiger partial charge is 0.265 e. The number of pyridine rings is 1. The lowest BCUT2D eigenvalue weighted by atomic mass is 10.0. The summed E-state index contributed by atoms with van der Waals surface area (Å²) >= 11 is 0. The van der Waals surface area contributed by atoms with Crippen LogP contribution < -0.4 is 15.0 Å². The van der Waals surface area contributed by atoms with Gasteiger partial charge >= 0.3 is 0 Å². The first-order chi connectivity index (χ1) is 9.19. The quantitative estimate of drug-likeness (QED) is 0.910. The average molecular weight is 256 g/mol. The van der Waals surface area contributed by atoms with Crippen LogP contribution in [0.15, 0.2) is 35.3 Å². The Balaban J connectivity index is 2.63. The molecule has 5 nitrogen and oxygen atoms in total. The summed E-state index contributed by atoms with van der Waals surface area (Å²) in [6.07, 6.45) is 1.54. The summed E-state index contributed by atoms with van der Waals surface area (Å²) in [6, 6.07) is 8.71. The lowest BCUT2D eigenvalue weighted by Gasteiger charge is -2.10. The standard InChI is InChI=1S/C14H12N2O3/c1-18-11-3-4-13(19-2)12(6-11)10-5-9(7-15)14(17)16-8-10/h3-6,8H,1-2H3,(H,16,17). The van der Waals surface area contributed by atoms with Crippen LogP contribution in [0.25, 0.3) is 11.1 Å². The van der Waals surface area contributed by atoms with Gasteiger partial charge in [0, 0.05) is 17.3 Å². The third-order valence-corrected chi connectivity index (χ3v) is 2.74. The highest BCUT2D eigenvalue weighted by atomic mass is 16.5. The molecule has 0 bridgehead atoms. The molecule has 96 valence electrons. The predicted molar refractivity (Wildman–Crippen MR) is 70.3 cm³/mol. The molecule has 0 fully saturated rings. The summed E-state index contributed by atoms with van der Waals surface area (Å²) in [5, 5.41) is 8.89. The number of rotatable bonds is 3. The fraction of sp³-hybridized carbons (Fsp3) is 0.143. The summed E-state index contributed by atoms with van der Waals surface area (Å²) in [6.45, 7) is 0. The van der Waals surface area contributed by atoms with Crippen molar-refractivity contribution < 1.29 is 9.47 Å². The average Bonchev–Trinajstić information content (AvgIpc) is 2.47. The molecule has 5 heteroatoms. The fourth-order valence-electron chi connectivity index (χ4n) is 1.76. The molecule has 0 unspecified atom stereocenters. The zero-order valence-corrected chi connectivity index (χ0v) is 10.6. The lowest BCUT2D eigenvalue weighted by molar-refractivity contribution is 0.404. The molecule has 0 aliphatic carbocycles. The first kappa shape index (κ1) is 12.7. The Morgan fingerprint density at radius 3 is 2.63 bits per heavy atom. The Morgan fingerprint density at radius 2 is 2.00 bits per heavy atom. The zero-order chi connectivity index (χ0) is 13.8. The van der Waals surface area contributed by atoms with E-state index < -0.39 is 5.56 Å². The van der Waals surface area contributed by atoms with Crippen molar-refractivity contribution in [3.05, 3.63) is 46.4 Å². The number of aromatic amines is 1. The van der Waals surface area contributed by atoms with E-state index in [9.17, 15) is 4.79 Å². The molecular formula is C14H12N2O3. The van der Waals surface area contributed by atoms with Crippen LogP contribution in [0.4, 0.5) is 0 Å². The predicted octanol–water partition coefficient (Wildman–Crippen LogP) is 1.93. The van der Waals surface area contributed by atoms with E-state index in [0.29, 0.717) is 17.1 Å². The molecule has 0 saturated carbocycles.